The summed E-state index contributed by atoms with van der Waals surface area (Å²) in [5, 5.41) is 0. The topological polar surface area (TPSA) is 9.23 Å². The zero-order chi connectivity index (χ0) is 10.6. The van der Waals surface area contributed by atoms with E-state index in [1.54, 1.807) is 6.26 Å². The minimum absolute atomic E-state index is 0.843. The van der Waals surface area contributed by atoms with Crippen molar-refractivity contribution >= 4 is 0 Å². The molecule has 0 radical (unpaired) electrons. The van der Waals surface area contributed by atoms with E-state index in [0.29, 0.717) is 0 Å². The third-order valence-electron chi connectivity index (χ3n) is 2.06. The fourth-order valence-electron chi connectivity index (χ4n) is 1.20. The molecule has 0 saturated heterocycles. The first-order chi connectivity index (χ1) is 6.77. The molecular formula is C13H24O. The van der Waals surface area contributed by atoms with Gasteiger partial charge in [-0.15, -0.1) is 0 Å². The van der Waals surface area contributed by atoms with Crippen molar-refractivity contribution in [1.82, 2.24) is 0 Å². The molecule has 0 N–H and O–H groups in total. The number of hydrogen-bond acceptors (Lipinski definition) is 1. The molecule has 1 nitrogen and oxygen atoms in total. The molecule has 0 aliphatic rings. The molecule has 0 spiro atoms. The van der Waals surface area contributed by atoms with Crippen LogP contribution in [0, 0.1) is 0 Å². The largest absolute Gasteiger partial charge is 0.501 e. The van der Waals surface area contributed by atoms with Crippen molar-refractivity contribution in [3.05, 3.63) is 24.5 Å². The van der Waals surface area contributed by atoms with E-state index >= 15 is 0 Å². The van der Waals surface area contributed by atoms with Gasteiger partial charge in [-0.05, 0) is 19.4 Å². The second kappa shape index (κ2) is 10.4. The van der Waals surface area contributed by atoms with Gasteiger partial charge >= 0.3 is 0 Å². The van der Waals surface area contributed by atoms with Crippen LogP contribution in [-0.2, 0) is 4.74 Å². The van der Waals surface area contributed by atoms with Gasteiger partial charge in [0, 0.05) is 0 Å². The molecule has 0 atom stereocenters. The first-order valence-corrected chi connectivity index (χ1v) is 5.71. The highest BCUT2D eigenvalue weighted by Gasteiger charge is 1.88. The monoisotopic (exact) mass is 196 g/mol. The van der Waals surface area contributed by atoms with E-state index in [-0.39, 0.29) is 0 Å². The summed E-state index contributed by atoms with van der Waals surface area (Å²) in [6, 6.07) is 0. The summed E-state index contributed by atoms with van der Waals surface area (Å²) in [6.45, 7) is 8.80. The molecule has 14 heavy (non-hydrogen) atoms. The second-order valence-corrected chi connectivity index (χ2v) is 3.79. The van der Waals surface area contributed by atoms with Crippen LogP contribution in [-0.4, -0.2) is 6.61 Å². The van der Waals surface area contributed by atoms with E-state index < -0.39 is 0 Å². The fourth-order valence-corrected chi connectivity index (χ4v) is 1.20. The Morgan fingerprint density at radius 1 is 1.14 bits per heavy atom. The Balaban J connectivity index is 3.02. The quantitative estimate of drug-likeness (QED) is 0.301. The molecule has 0 aliphatic heterocycles. The summed E-state index contributed by atoms with van der Waals surface area (Å²) in [7, 11) is 0. The van der Waals surface area contributed by atoms with Crippen molar-refractivity contribution in [3.8, 4) is 0 Å². The third-order valence-corrected chi connectivity index (χ3v) is 2.06. The molecule has 0 aromatic rings. The van der Waals surface area contributed by atoms with Gasteiger partial charge in [0.1, 0.15) is 0 Å². The molecule has 0 amide bonds. The second-order valence-electron chi connectivity index (χ2n) is 3.79. The first-order valence-electron chi connectivity index (χ1n) is 5.71. The molecule has 0 saturated carbocycles. The molecule has 0 aliphatic carbocycles. The van der Waals surface area contributed by atoms with Crippen LogP contribution in [0.3, 0.4) is 0 Å². The first kappa shape index (κ1) is 13.3. The lowest BCUT2D eigenvalue weighted by molar-refractivity contribution is 0.240. The van der Waals surface area contributed by atoms with E-state index in [1.807, 2.05) is 13.0 Å². The van der Waals surface area contributed by atoms with Gasteiger partial charge in [0.25, 0.3) is 0 Å². The molecule has 0 heterocycles. The maximum atomic E-state index is 5.31. The van der Waals surface area contributed by atoms with Gasteiger partial charge in [0.05, 0.1) is 12.9 Å². The molecule has 1 heteroatoms. The highest BCUT2D eigenvalue weighted by Crippen LogP contribution is 2.04. The Morgan fingerprint density at radius 2 is 1.79 bits per heavy atom. The van der Waals surface area contributed by atoms with E-state index in [2.05, 4.69) is 13.5 Å². The van der Waals surface area contributed by atoms with Crippen LogP contribution in [0.25, 0.3) is 0 Å². The Hall–Kier alpha value is -0.720. The summed E-state index contributed by atoms with van der Waals surface area (Å²) in [6.07, 6.45) is 11.5. The number of hydrogen-bond donors (Lipinski definition) is 0. The number of rotatable bonds is 9. The Morgan fingerprint density at radius 3 is 2.43 bits per heavy atom. The van der Waals surface area contributed by atoms with Crippen molar-refractivity contribution in [3.63, 3.8) is 0 Å². The van der Waals surface area contributed by atoms with Crippen molar-refractivity contribution < 1.29 is 4.74 Å². The van der Waals surface area contributed by atoms with E-state index in [0.717, 1.165) is 12.2 Å². The van der Waals surface area contributed by atoms with Crippen molar-refractivity contribution in [1.29, 1.82) is 0 Å². The average molecular weight is 196 g/mol. The highest BCUT2D eigenvalue weighted by molar-refractivity contribution is 5.08. The highest BCUT2D eigenvalue weighted by atomic mass is 16.5. The SMILES string of the molecule is C=C(C)C=COCCCCCCCC. The van der Waals surface area contributed by atoms with Crippen molar-refractivity contribution in [2.45, 2.75) is 52.4 Å². The van der Waals surface area contributed by atoms with Gasteiger partial charge in [-0.2, -0.15) is 0 Å². The minimum atomic E-state index is 0.843. The molecule has 0 unspecified atom stereocenters. The summed E-state index contributed by atoms with van der Waals surface area (Å²) in [5.74, 6) is 0. The summed E-state index contributed by atoms with van der Waals surface area (Å²) in [4.78, 5) is 0. The zero-order valence-electron chi connectivity index (χ0n) is 9.72. The molecule has 0 aromatic carbocycles. The maximum Gasteiger partial charge on any atom is 0.0873 e. The van der Waals surface area contributed by atoms with Crippen LogP contribution in [0.1, 0.15) is 52.4 Å². The Bertz CT molecular complexity index is 159. The van der Waals surface area contributed by atoms with Crippen LogP contribution < -0.4 is 0 Å². The Kier molecular flexibility index (Phi) is 9.83. The molecule has 0 rings (SSSR count). The zero-order valence-corrected chi connectivity index (χ0v) is 9.72. The molecular weight excluding hydrogens is 172 g/mol. The van der Waals surface area contributed by atoms with Gasteiger partial charge in [-0.25, -0.2) is 0 Å². The predicted octanol–water partition coefficient (Wildman–Crippen LogP) is 4.45. The van der Waals surface area contributed by atoms with Crippen LogP contribution in [0.4, 0.5) is 0 Å². The van der Waals surface area contributed by atoms with E-state index in [9.17, 15) is 0 Å². The lowest BCUT2D eigenvalue weighted by atomic mass is 10.1. The number of unbranched alkanes of at least 4 members (excludes halogenated alkanes) is 5. The summed E-state index contributed by atoms with van der Waals surface area (Å²) in [5.41, 5.74) is 1.04. The lowest BCUT2D eigenvalue weighted by Gasteiger charge is -2.00. The lowest BCUT2D eigenvalue weighted by Crippen LogP contribution is -1.87. The van der Waals surface area contributed by atoms with Crippen LogP contribution in [0.15, 0.2) is 24.5 Å². The summed E-state index contributed by atoms with van der Waals surface area (Å²) >= 11 is 0. The molecule has 0 fully saturated rings. The van der Waals surface area contributed by atoms with Gasteiger partial charge in [0.2, 0.25) is 0 Å². The minimum Gasteiger partial charge on any atom is -0.501 e. The van der Waals surface area contributed by atoms with Gasteiger partial charge in [-0.1, -0.05) is 51.2 Å². The molecule has 0 bridgehead atoms. The number of ether oxygens (including phenoxy) is 1. The number of allylic oxidation sites excluding steroid dienone is 2. The van der Waals surface area contributed by atoms with Crippen molar-refractivity contribution in [2.24, 2.45) is 0 Å². The van der Waals surface area contributed by atoms with Gasteiger partial charge in [-0.3, -0.25) is 0 Å². The third kappa shape index (κ3) is 11.3. The maximum absolute atomic E-state index is 5.31. The van der Waals surface area contributed by atoms with Crippen LogP contribution >= 0.6 is 0 Å². The standard InChI is InChI=1S/C13H24O/c1-4-5-6-7-8-9-11-14-12-10-13(2)3/h10,12H,2,4-9,11H2,1,3H3. The van der Waals surface area contributed by atoms with Gasteiger partial charge in [0.15, 0.2) is 0 Å². The fraction of sp³-hybridized carbons (Fsp3) is 0.692. The Labute approximate surface area is 88.9 Å². The average Bonchev–Trinajstić information content (AvgIpc) is 2.15. The predicted molar refractivity (Wildman–Crippen MR) is 63.3 cm³/mol. The summed E-state index contributed by atoms with van der Waals surface area (Å²) < 4.78 is 5.31. The molecule has 0 aromatic heterocycles. The van der Waals surface area contributed by atoms with E-state index in [1.165, 1.54) is 38.5 Å². The van der Waals surface area contributed by atoms with Crippen molar-refractivity contribution in [2.75, 3.05) is 6.61 Å². The van der Waals surface area contributed by atoms with E-state index in [4.69, 9.17) is 4.74 Å². The van der Waals surface area contributed by atoms with Gasteiger partial charge < -0.3 is 4.74 Å². The normalized spacial score (nSPS) is 10.7. The van der Waals surface area contributed by atoms with Crippen LogP contribution in [0.2, 0.25) is 0 Å². The molecule has 82 valence electrons. The van der Waals surface area contributed by atoms with Crippen LogP contribution in [0.5, 0.6) is 0 Å². The smallest absolute Gasteiger partial charge is 0.0873 e.